The number of rotatable bonds is 2. The van der Waals surface area contributed by atoms with Gasteiger partial charge in [0, 0.05) is 7.05 Å². The van der Waals surface area contributed by atoms with E-state index in [-0.39, 0.29) is 10.7 Å². The first-order valence-electron chi connectivity index (χ1n) is 3.74. The first-order chi connectivity index (χ1) is 6.88. The third-order valence-corrected chi connectivity index (χ3v) is 2.02. The second kappa shape index (κ2) is 4.09. The maximum atomic E-state index is 12.4. The van der Waals surface area contributed by atoms with Gasteiger partial charge in [-0.3, -0.25) is 4.68 Å². The molecule has 1 aromatic heterocycles. The maximum absolute atomic E-state index is 12.4. The molecule has 0 saturated heterocycles. The number of oxime groups is 1. The van der Waals surface area contributed by atoms with Gasteiger partial charge in [-0.15, -0.1) is 0 Å². The Morgan fingerprint density at radius 2 is 2.13 bits per heavy atom. The summed E-state index contributed by atoms with van der Waals surface area (Å²) in [5, 5.41) is 6.32. The Bertz CT molecular complexity index is 386. The van der Waals surface area contributed by atoms with Gasteiger partial charge in [0.15, 0.2) is 5.69 Å². The Morgan fingerprint density at radius 3 is 2.60 bits per heavy atom. The fourth-order valence-corrected chi connectivity index (χ4v) is 1.13. The second-order valence-corrected chi connectivity index (χ2v) is 2.95. The molecule has 0 unspecified atom stereocenters. The highest BCUT2D eigenvalue weighted by molar-refractivity contribution is 6.32. The van der Waals surface area contributed by atoms with Gasteiger partial charge < -0.3 is 4.84 Å². The molecule has 0 amide bonds. The Kier molecular flexibility index (Phi) is 3.23. The summed E-state index contributed by atoms with van der Waals surface area (Å²) in [6.07, 6.45) is -3.70. The monoisotopic (exact) mass is 241 g/mol. The Labute approximate surface area is 88.3 Å². The zero-order valence-electron chi connectivity index (χ0n) is 7.84. The van der Waals surface area contributed by atoms with Crippen molar-refractivity contribution in [3.05, 3.63) is 16.4 Å². The van der Waals surface area contributed by atoms with E-state index in [4.69, 9.17) is 11.6 Å². The number of aromatic nitrogens is 2. The predicted octanol–water partition coefficient (Wildman–Crippen LogP) is 2.07. The Hall–Kier alpha value is -1.24. The van der Waals surface area contributed by atoms with Gasteiger partial charge in [-0.2, -0.15) is 18.3 Å². The molecule has 0 saturated carbocycles. The molecule has 1 heterocycles. The SMILES string of the molecule is CO/N=C/c1c(C(F)(F)F)nn(C)c1Cl. The number of hydrogen-bond acceptors (Lipinski definition) is 3. The molecule has 4 nitrogen and oxygen atoms in total. The molecule has 0 atom stereocenters. The fraction of sp³-hybridized carbons (Fsp3) is 0.429. The molecule has 15 heavy (non-hydrogen) atoms. The molecule has 84 valence electrons. The smallest absolute Gasteiger partial charge is 0.399 e. The van der Waals surface area contributed by atoms with Crippen molar-refractivity contribution in [1.29, 1.82) is 0 Å². The van der Waals surface area contributed by atoms with Crippen LogP contribution in [0.25, 0.3) is 0 Å². The standard InChI is InChI=1S/C7H7ClF3N3O/c1-14-6(8)4(3-12-15-2)5(13-14)7(9,10)11/h3H,1-2H3/b12-3+. The molecule has 0 spiro atoms. The molecule has 0 aliphatic rings. The normalized spacial score (nSPS) is 12.4. The predicted molar refractivity (Wildman–Crippen MR) is 47.8 cm³/mol. The average Bonchev–Trinajstić information content (AvgIpc) is 2.40. The van der Waals surface area contributed by atoms with Crippen LogP contribution >= 0.6 is 11.6 Å². The molecule has 1 aromatic rings. The average molecular weight is 242 g/mol. The van der Waals surface area contributed by atoms with Crippen LogP contribution in [-0.2, 0) is 18.1 Å². The molecule has 0 fully saturated rings. The zero-order chi connectivity index (χ0) is 11.6. The van der Waals surface area contributed by atoms with Crippen molar-refractivity contribution < 1.29 is 18.0 Å². The van der Waals surface area contributed by atoms with Crippen molar-refractivity contribution in [3.8, 4) is 0 Å². The van der Waals surface area contributed by atoms with E-state index < -0.39 is 11.9 Å². The van der Waals surface area contributed by atoms with Gasteiger partial charge in [0.1, 0.15) is 12.3 Å². The van der Waals surface area contributed by atoms with Crippen LogP contribution < -0.4 is 0 Å². The van der Waals surface area contributed by atoms with Crippen LogP contribution in [0.3, 0.4) is 0 Å². The number of hydrogen-bond donors (Lipinski definition) is 0. The summed E-state index contributed by atoms with van der Waals surface area (Å²) in [5.74, 6) is 0. The maximum Gasteiger partial charge on any atom is 0.435 e. The van der Waals surface area contributed by atoms with Crippen LogP contribution in [0.15, 0.2) is 5.16 Å². The highest BCUT2D eigenvalue weighted by Gasteiger charge is 2.38. The highest BCUT2D eigenvalue weighted by Crippen LogP contribution is 2.33. The molecule has 0 aromatic carbocycles. The lowest BCUT2D eigenvalue weighted by atomic mass is 10.2. The minimum Gasteiger partial charge on any atom is -0.399 e. The summed E-state index contributed by atoms with van der Waals surface area (Å²) in [6.45, 7) is 0. The molecule has 0 radical (unpaired) electrons. The van der Waals surface area contributed by atoms with E-state index in [0.717, 1.165) is 10.9 Å². The molecular formula is C7H7ClF3N3O. The molecule has 0 bridgehead atoms. The molecule has 8 heteroatoms. The highest BCUT2D eigenvalue weighted by atomic mass is 35.5. The first-order valence-corrected chi connectivity index (χ1v) is 4.12. The molecule has 0 aliphatic heterocycles. The van der Waals surface area contributed by atoms with E-state index in [9.17, 15) is 13.2 Å². The van der Waals surface area contributed by atoms with Crippen molar-refractivity contribution in [3.63, 3.8) is 0 Å². The van der Waals surface area contributed by atoms with Crippen molar-refractivity contribution in [2.24, 2.45) is 12.2 Å². The van der Waals surface area contributed by atoms with Gasteiger partial charge in [-0.05, 0) is 0 Å². The van der Waals surface area contributed by atoms with Crippen LogP contribution in [0.2, 0.25) is 5.15 Å². The van der Waals surface area contributed by atoms with Crippen molar-refractivity contribution >= 4 is 17.8 Å². The van der Waals surface area contributed by atoms with Crippen LogP contribution in [0.5, 0.6) is 0 Å². The summed E-state index contributed by atoms with van der Waals surface area (Å²) < 4.78 is 38.2. The number of nitrogens with zero attached hydrogens (tertiary/aromatic N) is 3. The topological polar surface area (TPSA) is 39.4 Å². The van der Waals surface area contributed by atoms with Gasteiger partial charge in [-0.1, -0.05) is 16.8 Å². The number of alkyl halides is 3. The lowest BCUT2D eigenvalue weighted by molar-refractivity contribution is -0.141. The van der Waals surface area contributed by atoms with E-state index in [1.807, 2.05) is 0 Å². The van der Waals surface area contributed by atoms with Crippen molar-refractivity contribution in [1.82, 2.24) is 9.78 Å². The lowest BCUT2D eigenvalue weighted by Gasteiger charge is -2.02. The Balaban J connectivity index is 3.27. The zero-order valence-corrected chi connectivity index (χ0v) is 8.60. The van der Waals surface area contributed by atoms with Gasteiger partial charge in [0.2, 0.25) is 0 Å². The van der Waals surface area contributed by atoms with Gasteiger partial charge in [0.25, 0.3) is 0 Å². The van der Waals surface area contributed by atoms with Gasteiger partial charge in [-0.25, -0.2) is 0 Å². The van der Waals surface area contributed by atoms with Gasteiger partial charge in [0.05, 0.1) is 11.8 Å². The number of halogens is 4. The van der Waals surface area contributed by atoms with E-state index in [0.29, 0.717) is 0 Å². The van der Waals surface area contributed by atoms with Crippen molar-refractivity contribution in [2.75, 3.05) is 7.11 Å². The third kappa shape index (κ3) is 2.41. The summed E-state index contributed by atoms with van der Waals surface area (Å²) >= 11 is 5.61. The summed E-state index contributed by atoms with van der Waals surface area (Å²) in [4.78, 5) is 4.28. The molecule has 0 aliphatic carbocycles. The van der Waals surface area contributed by atoms with Crippen LogP contribution in [-0.4, -0.2) is 23.1 Å². The summed E-state index contributed by atoms with van der Waals surface area (Å²) in [7, 11) is 2.52. The van der Waals surface area contributed by atoms with E-state index in [2.05, 4.69) is 15.1 Å². The van der Waals surface area contributed by atoms with E-state index in [1.165, 1.54) is 14.2 Å². The largest absolute Gasteiger partial charge is 0.435 e. The molecule has 1 rings (SSSR count). The summed E-state index contributed by atoms with van der Waals surface area (Å²) in [6, 6.07) is 0. The third-order valence-electron chi connectivity index (χ3n) is 1.57. The van der Waals surface area contributed by atoms with Crippen molar-refractivity contribution in [2.45, 2.75) is 6.18 Å². The number of aryl methyl sites for hydroxylation is 1. The lowest BCUT2D eigenvalue weighted by Crippen LogP contribution is -2.09. The minimum absolute atomic E-state index is 0.150. The quantitative estimate of drug-likeness (QED) is 0.587. The minimum atomic E-state index is -4.57. The Morgan fingerprint density at radius 1 is 1.53 bits per heavy atom. The second-order valence-electron chi connectivity index (χ2n) is 2.59. The van der Waals surface area contributed by atoms with Crippen LogP contribution in [0.4, 0.5) is 13.2 Å². The fourth-order valence-electron chi connectivity index (χ4n) is 0.949. The van der Waals surface area contributed by atoms with Crippen LogP contribution in [0, 0.1) is 0 Å². The van der Waals surface area contributed by atoms with Crippen LogP contribution in [0.1, 0.15) is 11.3 Å². The van der Waals surface area contributed by atoms with E-state index >= 15 is 0 Å². The first kappa shape index (κ1) is 11.8. The van der Waals surface area contributed by atoms with E-state index in [1.54, 1.807) is 0 Å². The summed E-state index contributed by atoms with van der Waals surface area (Å²) in [5.41, 5.74) is -1.40. The van der Waals surface area contributed by atoms with Gasteiger partial charge >= 0.3 is 6.18 Å². The molecule has 0 N–H and O–H groups in total. The molecular weight excluding hydrogens is 235 g/mol.